The second kappa shape index (κ2) is 10.1. The summed E-state index contributed by atoms with van der Waals surface area (Å²) in [7, 11) is 0. The number of nitrogens with one attached hydrogen (secondary N) is 1. The smallest absolute Gasteiger partial charge is 0.290 e. The number of hydrogen-bond acceptors (Lipinski definition) is 8. The summed E-state index contributed by atoms with van der Waals surface area (Å²) < 4.78 is 0. The lowest BCUT2D eigenvalue weighted by atomic mass is 9.87. The number of anilines is 3. The van der Waals surface area contributed by atoms with Gasteiger partial charge in [0.05, 0.1) is 12.6 Å². The Hall–Kier alpha value is -2.78. The molecule has 1 aromatic carbocycles. The third kappa shape index (κ3) is 7.63. The van der Waals surface area contributed by atoms with E-state index in [9.17, 15) is 5.11 Å². The summed E-state index contributed by atoms with van der Waals surface area (Å²) in [4.78, 5) is 23.7. The van der Waals surface area contributed by atoms with Crippen molar-refractivity contribution < 1.29 is 15.0 Å². The van der Waals surface area contributed by atoms with Gasteiger partial charge in [-0.05, 0) is 42.9 Å². The average molecular weight is 402 g/mol. The van der Waals surface area contributed by atoms with Gasteiger partial charge in [-0.25, -0.2) is 0 Å². The van der Waals surface area contributed by atoms with Crippen LogP contribution in [0.25, 0.3) is 0 Å². The Kier molecular flexibility index (Phi) is 7.86. The van der Waals surface area contributed by atoms with E-state index in [0.29, 0.717) is 18.3 Å². The second-order valence-electron chi connectivity index (χ2n) is 8.05. The molecule has 0 amide bonds. The highest BCUT2D eigenvalue weighted by Gasteiger charge is 2.29. The van der Waals surface area contributed by atoms with Crippen LogP contribution in [-0.2, 0) is 11.3 Å². The molecular weight excluding hydrogens is 372 g/mol. The van der Waals surface area contributed by atoms with Gasteiger partial charge in [0.25, 0.3) is 6.47 Å². The number of rotatable bonds is 4. The van der Waals surface area contributed by atoms with E-state index in [1.54, 1.807) is 0 Å². The van der Waals surface area contributed by atoms with E-state index in [4.69, 9.17) is 15.6 Å². The fraction of sp³-hybridized carbons (Fsp3) is 0.500. The quantitative estimate of drug-likeness (QED) is 0.567. The molecule has 29 heavy (non-hydrogen) atoms. The van der Waals surface area contributed by atoms with Crippen molar-refractivity contribution in [2.75, 3.05) is 24.1 Å². The van der Waals surface area contributed by atoms with Crippen LogP contribution in [0.2, 0.25) is 0 Å². The average Bonchev–Trinajstić information content (AvgIpc) is 2.71. The van der Waals surface area contributed by atoms with Crippen molar-refractivity contribution in [3.05, 3.63) is 35.7 Å². The van der Waals surface area contributed by atoms with Gasteiger partial charge in [-0.2, -0.15) is 15.0 Å². The standard InChI is InChI=1S/C19H28N6O.CH2O2/c1-13-5-4-6-14(9-13)21-18-23-16(22-17(20)24-18)11-25-8-7-15(26)10-19(2,3)12-25;2-1-3/h4-6,9,15,26H,7-8,10-12H2,1-3H3,(H3,20,21,22,23,24);1H,(H,2,3). The Morgan fingerprint density at radius 3 is 2.76 bits per heavy atom. The molecule has 1 fully saturated rings. The molecule has 0 radical (unpaired) electrons. The van der Waals surface area contributed by atoms with Gasteiger partial charge in [0.2, 0.25) is 11.9 Å². The molecular formula is C20H30N6O3. The van der Waals surface area contributed by atoms with Crippen LogP contribution in [0.5, 0.6) is 0 Å². The first kappa shape index (κ1) is 22.5. The molecule has 1 unspecified atom stereocenters. The minimum Gasteiger partial charge on any atom is -0.483 e. The van der Waals surface area contributed by atoms with Crippen molar-refractivity contribution in [1.82, 2.24) is 19.9 Å². The Morgan fingerprint density at radius 2 is 2.07 bits per heavy atom. The molecule has 158 valence electrons. The van der Waals surface area contributed by atoms with Crippen LogP contribution in [0, 0.1) is 12.3 Å². The fourth-order valence-corrected chi connectivity index (χ4v) is 3.57. The molecule has 9 nitrogen and oxygen atoms in total. The van der Waals surface area contributed by atoms with Gasteiger partial charge >= 0.3 is 0 Å². The molecule has 3 rings (SSSR count). The van der Waals surface area contributed by atoms with Crippen LogP contribution in [0.15, 0.2) is 24.3 Å². The molecule has 0 aliphatic carbocycles. The molecule has 1 aliphatic rings. The zero-order valence-corrected chi connectivity index (χ0v) is 17.2. The highest BCUT2D eigenvalue weighted by molar-refractivity contribution is 5.54. The summed E-state index contributed by atoms with van der Waals surface area (Å²) in [5.41, 5.74) is 8.02. The van der Waals surface area contributed by atoms with Crippen molar-refractivity contribution in [2.24, 2.45) is 5.41 Å². The first-order valence-electron chi connectivity index (χ1n) is 9.53. The van der Waals surface area contributed by atoms with Gasteiger partial charge < -0.3 is 21.3 Å². The predicted molar refractivity (Wildman–Crippen MR) is 112 cm³/mol. The first-order chi connectivity index (χ1) is 13.7. The van der Waals surface area contributed by atoms with Crippen LogP contribution in [0.4, 0.5) is 17.6 Å². The molecule has 1 aliphatic heterocycles. The number of aliphatic hydroxyl groups excluding tert-OH is 1. The maximum absolute atomic E-state index is 10.1. The van der Waals surface area contributed by atoms with E-state index in [0.717, 1.165) is 37.2 Å². The SMILES string of the molecule is Cc1cccc(Nc2nc(N)nc(CN3CCC(O)CC(C)(C)C3)n2)c1.O=CO. The minimum absolute atomic E-state index is 0.0527. The van der Waals surface area contributed by atoms with Gasteiger partial charge in [0.1, 0.15) is 5.82 Å². The number of nitrogen functional groups attached to an aromatic ring is 1. The van der Waals surface area contributed by atoms with Gasteiger partial charge in [-0.1, -0.05) is 26.0 Å². The number of hydrogen-bond donors (Lipinski definition) is 4. The van der Waals surface area contributed by atoms with E-state index in [2.05, 4.69) is 39.0 Å². The zero-order chi connectivity index (χ0) is 21.4. The van der Waals surface area contributed by atoms with Crippen LogP contribution < -0.4 is 11.1 Å². The molecule has 1 aromatic heterocycles. The van der Waals surface area contributed by atoms with Crippen LogP contribution >= 0.6 is 0 Å². The number of likely N-dealkylation sites (tertiary alicyclic amines) is 1. The molecule has 0 spiro atoms. The summed E-state index contributed by atoms with van der Waals surface area (Å²) in [6.45, 7) is 8.44. The number of aromatic nitrogens is 3. The van der Waals surface area contributed by atoms with Crippen molar-refractivity contribution in [3.63, 3.8) is 0 Å². The normalized spacial score (nSPS) is 18.8. The van der Waals surface area contributed by atoms with Crippen LogP contribution in [0.3, 0.4) is 0 Å². The summed E-state index contributed by atoms with van der Waals surface area (Å²) in [6.07, 6.45) is 1.32. The number of nitrogens with two attached hydrogens (primary N) is 1. The molecule has 5 N–H and O–H groups in total. The Balaban J connectivity index is 0.000000941. The zero-order valence-electron chi connectivity index (χ0n) is 17.2. The van der Waals surface area contributed by atoms with Gasteiger partial charge in [0.15, 0.2) is 0 Å². The van der Waals surface area contributed by atoms with E-state index >= 15 is 0 Å². The van der Waals surface area contributed by atoms with E-state index < -0.39 is 0 Å². The van der Waals surface area contributed by atoms with E-state index in [-0.39, 0.29) is 23.9 Å². The van der Waals surface area contributed by atoms with Crippen molar-refractivity contribution in [1.29, 1.82) is 0 Å². The maximum Gasteiger partial charge on any atom is 0.290 e. The molecule has 1 saturated heterocycles. The number of carboxylic acid groups (broad SMARTS) is 1. The summed E-state index contributed by atoms with van der Waals surface area (Å²) in [5.74, 6) is 1.30. The Morgan fingerprint density at radius 1 is 1.34 bits per heavy atom. The number of carbonyl (C=O) groups is 1. The van der Waals surface area contributed by atoms with Crippen molar-refractivity contribution in [2.45, 2.75) is 46.3 Å². The monoisotopic (exact) mass is 402 g/mol. The minimum atomic E-state index is -0.253. The van der Waals surface area contributed by atoms with E-state index in [1.165, 1.54) is 0 Å². The number of benzene rings is 1. The molecule has 1 atom stereocenters. The van der Waals surface area contributed by atoms with Gasteiger partial charge in [0, 0.05) is 18.8 Å². The maximum atomic E-state index is 10.1. The van der Waals surface area contributed by atoms with Crippen molar-refractivity contribution in [3.8, 4) is 0 Å². The van der Waals surface area contributed by atoms with E-state index in [1.807, 2.05) is 31.2 Å². The third-order valence-electron chi connectivity index (χ3n) is 4.56. The predicted octanol–water partition coefficient (Wildman–Crippen LogP) is 2.19. The lowest BCUT2D eigenvalue weighted by molar-refractivity contribution is -0.122. The van der Waals surface area contributed by atoms with Crippen LogP contribution in [0.1, 0.15) is 38.1 Å². The van der Waals surface area contributed by atoms with Gasteiger partial charge in [-0.3, -0.25) is 9.69 Å². The highest BCUT2D eigenvalue weighted by Crippen LogP contribution is 2.29. The van der Waals surface area contributed by atoms with Crippen molar-refractivity contribution >= 4 is 24.1 Å². The number of nitrogens with zero attached hydrogens (tertiary/aromatic N) is 4. The molecule has 9 heteroatoms. The Labute approximate surface area is 171 Å². The third-order valence-corrected chi connectivity index (χ3v) is 4.56. The second-order valence-corrected chi connectivity index (χ2v) is 8.05. The summed E-state index contributed by atoms with van der Waals surface area (Å²) in [6, 6.07) is 8.01. The molecule has 0 bridgehead atoms. The van der Waals surface area contributed by atoms with Gasteiger partial charge in [-0.15, -0.1) is 0 Å². The lowest BCUT2D eigenvalue weighted by Gasteiger charge is -2.29. The summed E-state index contributed by atoms with van der Waals surface area (Å²) in [5, 5.41) is 20.2. The highest BCUT2D eigenvalue weighted by atomic mass is 16.3. The number of aliphatic hydroxyl groups is 1. The summed E-state index contributed by atoms with van der Waals surface area (Å²) >= 11 is 0. The molecule has 2 aromatic rings. The topological polar surface area (TPSA) is 137 Å². The Bertz CT molecular complexity index is 815. The lowest BCUT2D eigenvalue weighted by Crippen LogP contribution is -2.33. The molecule has 2 heterocycles. The largest absolute Gasteiger partial charge is 0.483 e. The fourth-order valence-electron chi connectivity index (χ4n) is 3.57. The molecule has 0 saturated carbocycles. The first-order valence-corrected chi connectivity index (χ1v) is 9.53. The van der Waals surface area contributed by atoms with Crippen LogP contribution in [-0.4, -0.2) is 55.7 Å². The number of aryl methyl sites for hydroxylation is 1.